The second-order valence-corrected chi connectivity index (χ2v) is 7.22. The molecule has 3 aliphatic carbocycles. The van der Waals surface area contributed by atoms with E-state index >= 15 is 0 Å². The third-order valence-electron chi connectivity index (χ3n) is 6.47. The summed E-state index contributed by atoms with van der Waals surface area (Å²) in [4.78, 5) is 12.5. The molecule has 3 N–H and O–H groups in total. The van der Waals surface area contributed by atoms with Crippen LogP contribution in [0.2, 0.25) is 0 Å². The highest BCUT2D eigenvalue weighted by molar-refractivity contribution is 5.90. The minimum Gasteiger partial charge on any atom is -0.504 e. The first kappa shape index (κ1) is 12.9. The molecule has 5 nitrogen and oxygen atoms in total. The Bertz CT molecular complexity index is 713. The van der Waals surface area contributed by atoms with Gasteiger partial charge in [-0.25, -0.2) is 0 Å². The van der Waals surface area contributed by atoms with E-state index in [9.17, 15) is 20.1 Å². The molecule has 1 aromatic carbocycles. The van der Waals surface area contributed by atoms with Crippen molar-refractivity contribution in [3.05, 3.63) is 23.3 Å². The van der Waals surface area contributed by atoms with Gasteiger partial charge in [0.25, 0.3) is 0 Å². The van der Waals surface area contributed by atoms with Gasteiger partial charge in [-0.2, -0.15) is 0 Å². The number of ether oxygens (including phenoxy) is 1. The van der Waals surface area contributed by atoms with Gasteiger partial charge < -0.3 is 20.1 Å². The zero-order chi connectivity index (χ0) is 15.3. The molecular weight excluding hydrogens is 284 g/mol. The number of aromatic hydroxyl groups is 1. The number of hydrogen-bond donors (Lipinski definition) is 3. The number of aliphatic hydroxyl groups excluding tert-OH is 1. The van der Waals surface area contributed by atoms with Crippen molar-refractivity contribution < 1.29 is 24.9 Å². The molecule has 2 fully saturated rings. The molecule has 1 heterocycles. The zero-order valence-corrected chi connectivity index (χ0v) is 12.1. The Balaban J connectivity index is 1.90. The van der Waals surface area contributed by atoms with Gasteiger partial charge in [-0.3, -0.25) is 4.79 Å². The van der Waals surface area contributed by atoms with Crippen molar-refractivity contribution in [2.24, 2.45) is 5.92 Å². The van der Waals surface area contributed by atoms with Gasteiger partial charge in [0.2, 0.25) is 0 Å². The van der Waals surface area contributed by atoms with Crippen LogP contribution >= 0.6 is 0 Å². The summed E-state index contributed by atoms with van der Waals surface area (Å²) in [6, 6.07) is 3.47. The van der Waals surface area contributed by atoms with Gasteiger partial charge in [-0.15, -0.1) is 0 Å². The highest BCUT2D eigenvalue weighted by Gasteiger charge is 2.74. The summed E-state index contributed by atoms with van der Waals surface area (Å²) in [5.74, 6) is 0.0969. The standard InChI is InChI=1S/C17H18O5/c18-10-4-3-8-6-9-2-1-5-16-13(8)14(10)22-15(16)11(19)7-12(20)17(9,16)21/h3-4,9,12,15,18,20-21H,1-2,5-7H2/t9-,12-,15+,16+,17?/m1/s1. The summed E-state index contributed by atoms with van der Waals surface area (Å²) in [5.41, 5.74) is -0.433. The molecule has 0 saturated heterocycles. The van der Waals surface area contributed by atoms with Crippen LogP contribution in [0.1, 0.15) is 36.8 Å². The van der Waals surface area contributed by atoms with E-state index in [4.69, 9.17) is 4.74 Å². The van der Waals surface area contributed by atoms with E-state index in [-0.39, 0.29) is 23.9 Å². The topological polar surface area (TPSA) is 87.0 Å². The third-order valence-corrected chi connectivity index (χ3v) is 6.47. The molecule has 0 amide bonds. The van der Waals surface area contributed by atoms with E-state index in [2.05, 4.69) is 0 Å². The first-order valence-corrected chi connectivity index (χ1v) is 7.95. The fraction of sp³-hybridized carbons (Fsp3) is 0.588. The van der Waals surface area contributed by atoms with Crippen LogP contribution in [0, 0.1) is 5.92 Å². The second-order valence-electron chi connectivity index (χ2n) is 7.22. The summed E-state index contributed by atoms with van der Waals surface area (Å²) in [6.45, 7) is 0. The van der Waals surface area contributed by atoms with Gasteiger partial charge in [-0.05, 0) is 36.8 Å². The Morgan fingerprint density at radius 1 is 1.27 bits per heavy atom. The monoisotopic (exact) mass is 302 g/mol. The van der Waals surface area contributed by atoms with Gasteiger partial charge in [-0.1, -0.05) is 12.5 Å². The van der Waals surface area contributed by atoms with Crippen LogP contribution in [0.3, 0.4) is 0 Å². The maximum atomic E-state index is 12.5. The van der Waals surface area contributed by atoms with Crippen LogP contribution in [-0.2, 0) is 16.6 Å². The number of hydrogen-bond acceptors (Lipinski definition) is 5. The Morgan fingerprint density at radius 2 is 2.09 bits per heavy atom. The summed E-state index contributed by atoms with van der Waals surface area (Å²) < 4.78 is 5.86. The lowest BCUT2D eigenvalue weighted by atomic mass is 9.45. The van der Waals surface area contributed by atoms with Crippen LogP contribution < -0.4 is 4.74 Å². The number of aliphatic hydroxyl groups is 2. The van der Waals surface area contributed by atoms with Gasteiger partial charge in [0.05, 0.1) is 11.5 Å². The summed E-state index contributed by atoms with van der Waals surface area (Å²) >= 11 is 0. The van der Waals surface area contributed by atoms with E-state index in [1.54, 1.807) is 6.07 Å². The van der Waals surface area contributed by atoms with Crippen molar-refractivity contribution >= 4 is 5.78 Å². The average molecular weight is 302 g/mol. The van der Waals surface area contributed by atoms with Crippen LogP contribution in [0.4, 0.5) is 0 Å². The Hall–Kier alpha value is -1.59. The van der Waals surface area contributed by atoms with E-state index in [0.29, 0.717) is 18.6 Å². The molecule has 2 saturated carbocycles. The van der Waals surface area contributed by atoms with E-state index < -0.39 is 23.2 Å². The summed E-state index contributed by atoms with van der Waals surface area (Å²) in [7, 11) is 0. The van der Waals surface area contributed by atoms with Crippen molar-refractivity contribution in [1.29, 1.82) is 0 Å². The lowest BCUT2D eigenvalue weighted by Crippen LogP contribution is -2.75. The summed E-state index contributed by atoms with van der Waals surface area (Å²) in [5, 5.41) is 32.3. The molecule has 0 radical (unpaired) electrons. The quantitative estimate of drug-likeness (QED) is 0.660. The van der Waals surface area contributed by atoms with Crippen molar-refractivity contribution in [2.75, 3.05) is 0 Å². The van der Waals surface area contributed by atoms with Gasteiger partial charge in [0, 0.05) is 12.0 Å². The first-order chi connectivity index (χ1) is 10.5. The number of ketones is 1. The minimum absolute atomic E-state index is 0.0104. The number of rotatable bonds is 0. The summed E-state index contributed by atoms with van der Waals surface area (Å²) in [6.07, 6.45) is 1.06. The van der Waals surface area contributed by atoms with Crippen molar-refractivity contribution in [3.8, 4) is 11.5 Å². The fourth-order valence-corrected chi connectivity index (χ4v) is 5.70. The number of phenols is 1. The van der Waals surface area contributed by atoms with Crippen molar-refractivity contribution in [3.63, 3.8) is 0 Å². The molecule has 1 spiro atoms. The van der Waals surface area contributed by atoms with Gasteiger partial charge >= 0.3 is 0 Å². The molecule has 0 aromatic heterocycles. The number of phenolic OH excluding ortho intramolecular Hbond substituents is 1. The third kappa shape index (κ3) is 1.09. The maximum absolute atomic E-state index is 12.5. The number of Topliss-reactive ketones (excluding diaryl/α,β-unsaturated/α-hetero) is 1. The van der Waals surface area contributed by atoms with Gasteiger partial charge in [0.1, 0.15) is 5.60 Å². The molecule has 1 aliphatic heterocycles. The van der Waals surface area contributed by atoms with Crippen molar-refractivity contribution in [1.82, 2.24) is 0 Å². The molecule has 2 bridgehead atoms. The maximum Gasteiger partial charge on any atom is 0.177 e. The number of carbonyl (C=O) groups is 1. The lowest BCUT2D eigenvalue weighted by molar-refractivity contribution is -0.219. The van der Waals surface area contributed by atoms with E-state index in [1.165, 1.54) is 0 Å². The van der Waals surface area contributed by atoms with Crippen LogP contribution in [0.25, 0.3) is 0 Å². The van der Waals surface area contributed by atoms with Crippen molar-refractivity contribution in [2.45, 2.75) is 55.3 Å². The molecule has 22 heavy (non-hydrogen) atoms. The van der Waals surface area contributed by atoms with Crippen LogP contribution in [0.15, 0.2) is 12.1 Å². The van der Waals surface area contributed by atoms with Gasteiger partial charge in [0.15, 0.2) is 23.4 Å². The highest BCUT2D eigenvalue weighted by Crippen LogP contribution is 2.66. The Kier molecular flexibility index (Phi) is 2.15. The SMILES string of the molecule is O=C1C[C@@H](O)C2(O)[C@@H]3CCC[C@@]24c2c(ccc(O)c2O[C@@H]14)C3. The number of benzene rings is 1. The predicted octanol–water partition coefficient (Wildman–Crippen LogP) is 0.812. The lowest BCUT2D eigenvalue weighted by Gasteiger charge is -2.61. The van der Waals surface area contributed by atoms with Crippen LogP contribution in [0.5, 0.6) is 11.5 Å². The minimum atomic E-state index is -1.34. The predicted molar refractivity (Wildman–Crippen MR) is 75.8 cm³/mol. The van der Waals surface area contributed by atoms with E-state index in [1.807, 2.05) is 6.07 Å². The average Bonchev–Trinajstić information content (AvgIpc) is 2.81. The molecule has 5 atom stereocenters. The Morgan fingerprint density at radius 3 is 2.91 bits per heavy atom. The molecule has 4 aliphatic rings. The second kappa shape index (κ2) is 3.66. The molecular formula is C17H18O5. The normalized spacial score (nSPS) is 44.5. The molecule has 1 aromatic rings. The smallest absolute Gasteiger partial charge is 0.177 e. The zero-order valence-electron chi connectivity index (χ0n) is 12.1. The van der Waals surface area contributed by atoms with Crippen LogP contribution in [-0.4, -0.2) is 38.9 Å². The Labute approximate surface area is 127 Å². The molecule has 1 unspecified atom stereocenters. The first-order valence-electron chi connectivity index (χ1n) is 7.95. The fourth-order valence-electron chi connectivity index (χ4n) is 5.70. The number of carbonyl (C=O) groups excluding carboxylic acids is 1. The molecule has 5 rings (SSSR count). The molecule has 5 heteroatoms. The highest BCUT2D eigenvalue weighted by atomic mass is 16.5. The largest absolute Gasteiger partial charge is 0.504 e. The molecule has 116 valence electrons. The van der Waals surface area contributed by atoms with E-state index in [0.717, 1.165) is 24.0 Å².